The van der Waals surface area contributed by atoms with Crippen molar-refractivity contribution in [2.75, 3.05) is 21.3 Å². The number of methoxy groups -OCH3 is 2. The molecule has 27 heavy (non-hydrogen) atoms. The minimum absolute atomic E-state index is 0.0265. The van der Waals surface area contributed by atoms with Gasteiger partial charge < -0.3 is 18.8 Å². The highest BCUT2D eigenvalue weighted by molar-refractivity contribution is 5.98. The van der Waals surface area contributed by atoms with Crippen LogP contribution in [0.2, 0.25) is 0 Å². The number of fused-ring (bicyclic) bond motifs is 2. The van der Waals surface area contributed by atoms with Gasteiger partial charge in [-0.25, -0.2) is 4.39 Å². The molecule has 0 saturated heterocycles. The second-order valence-corrected chi connectivity index (χ2v) is 6.25. The van der Waals surface area contributed by atoms with Gasteiger partial charge in [0.2, 0.25) is 5.76 Å². The van der Waals surface area contributed by atoms with Crippen molar-refractivity contribution in [2.24, 2.45) is 0 Å². The number of carbonyl (C=O) groups excluding carboxylic acids is 1. The summed E-state index contributed by atoms with van der Waals surface area (Å²) in [5.41, 5.74) is 0.594. The van der Waals surface area contributed by atoms with E-state index < -0.39 is 23.2 Å². The highest BCUT2D eigenvalue weighted by atomic mass is 19.1. The first-order valence-electron chi connectivity index (χ1n) is 8.21. The minimum Gasteiger partial charge on any atom is -0.493 e. The summed E-state index contributed by atoms with van der Waals surface area (Å²) >= 11 is 0. The van der Waals surface area contributed by atoms with Crippen molar-refractivity contribution in [3.63, 3.8) is 0 Å². The maximum absolute atomic E-state index is 13.6. The Balaban J connectivity index is 1.98. The molecule has 2 heterocycles. The fourth-order valence-corrected chi connectivity index (χ4v) is 3.47. The molecule has 0 fully saturated rings. The normalized spacial score (nSPS) is 15.9. The predicted octanol–water partition coefficient (Wildman–Crippen LogP) is 3.12. The van der Waals surface area contributed by atoms with Gasteiger partial charge in [0.1, 0.15) is 11.4 Å². The fourth-order valence-electron chi connectivity index (χ4n) is 3.47. The van der Waals surface area contributed by atoms with Gasteiger partial charge in [-0.15, -0.1) is 0 Å². The smallest absolute Gasteiger partial charge is 0.290 e. The predicted molar refractivity (Wildman–Crippen MR) is 95.9 cm³/mol. The van der Waals surface area contributed by atoms with Crippen molar-refractivity contribution in [2.45, 2.75) is 6.04 Å². The maximum Gasteiger partial charge on any atom is 0.290 e. The third-order valence-electron chi connectivity index (χ3n) is 4.79. The van der Waals surface area contributed by atoms with Crippen LogP contribution in [0.15, 0.2) is 45.6 Å². The van der Waals surface area contributed by atoms with Gasteiger partial charge in [-0.3, -0.25) is 9.59 Å². The molecule has 1 aliphatic rings. The van der Waals surface area contributed by atoms with E-state index >= 15 is 0 Å². The van der Waals surface area contributed by atoms with Gasteiger partial charge in [-0.05, 0) is 35.9 Å². The van der Waals surface area contributed by atoms with E-state index in [2.05, 4.69) is 0 Å². The molecule has 138 valence electrons. The number of rotatable bonds is 3. The monoisotopic (exact) mass is 369 g/mol. The second-order valence-electron chi connectivity index (χ2n) is 6.25. The zero-order valence-electron chi connectivity index (χ0n) is 14.9. The summed E-state index contributed by atoms with van der Waals surface area (Å²) in [7, 11) is 4.61. The molecular weight excluding hydrogens is 353 g/mol. The van der Waals surface area contributed by atoms with Gasteiger partial charge >= 0.3 is 0 Å². The van der Waals surface area contributed by atoms with Gasteiger partial charge in [0, 0.05) is 7.05 Å². The summed E-state index contributed by atoms with van der Waals surface area (Å²) < 4.78 is 29.9. The van der Waals surface area contributed by atoms with Crippen LogP contribution in [-0.2, 0) is 0 Å². The topological polar surface area (TPSA) is 69.0 Å². The van der Waals surface area contributed by atoms with Crippen LogP contribution in [0.25, 0.3) is 11.0 Å². The van der Waals surface area contributed by atoms with E-state index in [0.29, 0.717) is 17.1 Å². The first kappa shape index (κ1) is 17.1. The molecular formula is C20H16FNO5. The molecule has 1 amide bonds. The molecule has 0 spiro atoms. The van der Waals surface area contributed by atoms with Crippen molar-refractivity contribution in [3.05, 3.63) is 69.3 Å². The lowest BCUT2D eigenvalue weighted by atomic mass is 9.98. The van der Waals surface area contributed by atoms with Crippen molar-refractivity contribution in [3.8, 4) is 11.5 Å². The van der Waals surface area contributed by atoms with Gasteiger partial charge in [-0.2, -0.15) is 0 Å². The Hall–Kier alpha value is -3.35. The van der Waals surface area contributed by atoms with Crippen LogP contribution in [-0.4, -0.2) is 32.1 Å². The molecule has 2 aromatic carbocycles. The van der Waals surface area contributed by atoms with E-state index in [1.165, 1.54) is 31.3 Å². The van der Waals surface area contributed by atoms with Crippen molar-refractivity contribution < 1.29 is 23.1 Å². The third kappa shape index (κ3) is 2.46. The van der Waals surface area contributed by atoms with Crippen molar-refractivity contribution >= 4 is 16.9 Å². The molecule has 1 aliphatic heterocycles. The van der Waals surface area contributed by atoms with Crippen LogP contribution in [0.5, 0.6) is 11.5 Å². The van der Waals surface area contributed by atoms with E-state index in [-0.39, 0.29) is 22.3 Å². The highest BCUT2D eigenvalue weighted by Crippen LogP contribution is 2.39. The summed E-state index contributed by atoms with van der Waals surface area (Å²) in [6, 6.07) is 8.15. The standard InChI is InChI=1S/C20H16FNO5/c1-22-17(10-4-6-14(25-2)15(8-10)26-3)16-18(23)12-9-11(21)5-7-13(12)27-19(16)20(22)24/h4-9,17H,1-3H3/t17-/m0/s1. The molecule has 0 unspecified atom stereocenters. The first-order chi connectivity index (χ1) is 13.0. The first-order valence-corrected chi connectivity index (χ1v) is 8.21. The number of hydrogen-bond donors (Lipinski definition) is 0. The number of benzene rings is 2. The Morgan fingerprint density at radius 2 is 1.78 bits per heavy atom. The van der Waals surface area contributed by atoms with Gasteiger partial charge in [-0.1, -0.05) is 6.07 Å². The molecule has 1 atom stereocenters. The Bertz CT molecular complexity index is 1140. The Morgan fingerprint density at radius 1 is 1.04 bits per heavy atom. The van der Waals surface area contributed by atoms with E-state index in [9.17, 15) is 14.0 Å². The van der Waals surface area contributed by atoms with Crippen LogP contribution in [0, 0.1) is 5.82 Å². The van der Waals surface area contributed by atoms with Crippen LogP contribution >= 0.6 is 0 Å². The molecule has 1 aromatic heterocycles. The van der Waals surface area contributed by atoms with Gasteiger partial charge in [0.05, 0.1) is 31.2 Å². The zero-order valence-corrected chi connectivity index (χ0v) is 14.9. The van der Waals surface area contributed by atoms with Crippen LogP contribution in [0.4, 0.5) is 4.39 Å². The van der Waals surface area contributed by atoms with E-state index in [0.717, 1.165) is 6.07 Å². The Morgan fingerprint density at radius 3 is 2.48 bits per heavy atom. The van der Waals surface area contributed by atoms with E-state index in [1.54, 1.807) is 25.2 Å². The van der Waals surface area contributed by atoms with Crippen molar-refractivity contribution in [1.82, 2.24) is 4.90 Å². The quantitative estimate of drug-likeness (QED) is 0.710. The second kappa shape index (κ2) is 6.12. The average Bonchev–Trinajstić information content (AvgIpc) is 2.93. The number of carbonyl (C=O) groups is 1. The average molecular weight is 369 g/mol. The van der Waals surface area contributed by atoms with Gasteiger partial charge in [0.25, 0.3) is 5.91 Å². The molecule has 6 nitrogen and oxygen atoms in total. The van der Waals surface area contributed by atoms with E-state index in [1.807, 2.05) is 0 Å². The summed E-state index contributed by atoms with van der Waals surface area (Å²) in [6.07, 6.45) is 0. The number of nitrogens with zero attached hydrogens (tertiary/aromatic N) is 1. The molecule has 0 radical (unpaired) electrons. The number of halogens is 1. The lowest BCUT2D eigenvalue weighted by Gasteiger charge is -2.21. The van der Waals surface area contributed by atoms with Gasteiger partial charge in [0.15, 0.2) is 16.9 Å². The lowest BCUT2D eigenvalue weighted by Crippen LogP contribution is -2.25. The Kier molecular flexibility index (Phi) is 3.87. The molecule has 0 N–H and O–H groups in total. The largest absolute Gasteiger partial charge is 0.493 e. The summed E-state index contributed by atoms with van der Waals surface area (Å²) in [5, 5.41) is 0.0994. The van der Waals surface area contributed by atoms with Crippen LogP contribution in [0.3, 0.4) is 0 Å². The summed E-state index contributed by atoms with van der Waals surface area (Å²) in [5.74, 6) is 0.0196. The minimum atomic E-state index is -0.670. The summed E-state index contributed by atoms with van der Waals surface area (Å²) in [4.78, 5) is 27.2. The molecule has 3 aromatic rings. The molecule has 4 rings (SSSR count). The third-order valence-corrected chi connectivity index (χ3v) is 4.79. The Labute approximate surface area is 153 Å². The van der Waals surface area contributed by atoms with Crippen LogP contribution in [0.1, 0.15) is 27.7 Å². The number of hydrogen-bond acceptors (Lipinski definition) is 5. The van der Waals surface area contributed by atoms with Crippen molar-refractivity contribution in [1.29, 1.82) is 0 Å². The maximum atomic E-state index is 13.6. The zero-order chi connectivity index (χ0) is 19.3. The molecule has 7 heteroatoms. The lowest BCUT2D eigenvalue weighted by molar-refractivity contribution is 0.0771. The highest BCUT2D eigenvalue weighted by Gasteiger charge is 2.41. The fraction of sp³-hybridized carbons (Fsp3) is 0.200. The number of amides is 1. The SMILES string of the molecule is COc1ccc([C@H]2c3c(oc4ccc(F)cc4c3=O)C(=O)N2C)cc1OC. The van der Waals surface area contributed by atoms with E-state index in [4.69, 9.17) is 13.9 Å². The molecule has 0 saturated carbocycles. The summed E-state index contributed by atoms with van der Waals surface area (Å²) in [6.45, 7) is 0. The number of ether oxygens (including phenoxy) is 2. The molecule has 0 bridgehead atoms. The molecule has 0 aliphatic carbocycles. The van der Waals surface area contributed by atoms with Crippen LogP contribution < -0.4 is 14.9 Å².